The molecule has 27 heavy (non-hydrogen) atoms. The molecule has 3 aromatic rings. The molecular weight excluding hydrogens is 389 g/mol. The van der Waals surface area contributed by atoms with Crippen LogP contribution in [-0.2, 0) is 17.8 Å². The van der Waals surface area contributed by atoms with E-state index in [9.17, 15) is 9.90 Å². The number of benzene rings is 1. The number of amides is 1. The highest BCUT2D eigenvalue weighted by atomic mass is 35.5. The third-order valence-corrected chi connectivity index (χ3v) is 5.67. The van der Waals surface area contributed by atoms with Gasteiger partial charge >= 0.3 is 0 Å². The van der Waals surface area contributed by atoms with Crippen LogP contribution >= 0.6 is 23.2 Å². The highest BCUT2D eigenvalue weighted by Gasteiger charge is 2.27. The van der Waals surface area contributed by atoms with Crippen molar-refractivity contribution >= 4 is 40.0 Å². The van der Waals surface area contributed by atoms with Gasteiger partial charge in [0.15, 0.2) is 0 Å². The molecule has 2 N–H and O–H groups in total. The van der Waals surface area contributed by atoms with Crippen molar-refractivity contribution in [2.45, 2.75) is 13.0 Å². The van der Waals surface area contributed by atoms with E-state index in [1.807, 2.05) is 12.1 Å². The van der Waals surface area contributed by atoms with E-state index in [4.69, 9.17) is 27.9 Å². The number of H-pyrrole nitrogens is 1. The van der Waals surface area contributed by atoms with Crippen LogP contribution < -0.4 is 4.74 Å². The number of methoxy groups -OCH3 is 1. The van der Waals surface area contributed by atoms with Crippen molar-refractivity contribution in [2.75, 3.05) is 20.3 Å². The lowest BCUT2D eigenvalue weighted by molar-refractivity contribution is -0.135. The highest BCUT2D eigenvalue weighted by molar-refractivity contribution is 6.45. The summed E-state index contributed by atoms with van der Waals surface area (Å²) in [6, 6.07) is 5.48. The minimum atomic E-state index is -0.503. The average molecular weight is 406 g/mol. The van der Waals surface area contributed by atoms with Crippen LogP contribution in [0.4, 0.5) is 0 Å². The van der Waals surface area contributed by atoms with Gasteiger partial charge < -0.3 is 19.7 Å². The summed E-state index contributed by atoms with van der Waals surface area (Å²) >= 11 is 12.8. The molecular formula is C19H17Cl2N3O3. The van der Waals surface area contributed by atoms with Gasteiger partial charge in [0.1, 0.15) is 12.4 Å². The van der Waals surface area contributed by atoms with E-state index in [2.05, 4.69) is 9.97 Å². The standard InChI is InChI=1S/C19H17Cl2N3O3/c1-27-10-2-3-14(22-7-10)11-6-13(20)18(21)19-17(11)12-8-24(16(26)9-25)5-4-15(12)23-19/h2-3,6-7,23,25H,4-5,8-9H2,1H3. The molecule has 1 aliphatic heterocycles. The first-order chi connectivity index (χ1) is 13.0. The number of carbonyl (C=O) groups is 1. The molecule has 0 unspecified atom stereocenters. The fourth-order valence-electron chi connectivity index (χ4n) is 3.51. The number of fused-ring (bicyclic) bond motifs is 3. The lowest BCUT2D eigenvalue weighted by atomic mass is 9.98. The predicted molar refractivity (Wildman–Crippen MR) is 104 cm³/mol. The number of aliphatic hydroxyl groups excluding tert-OH is 1. The number of carbonyl (C=O) groups excluding carboxylic acids is 1. The van der Waals surface area contributed by atoms with Gasteiger partial charge in [-0.05, 0) is 18.2 Å². The highest BCUT2D eigenvalue weighted by Crippen LogP contribution is 2.41. The Bertz CT molecular complexity index is 1030. The molecule has 4 rings (SSSR count). The predicted octanol–water partition coefficient (Wildman–Crippen LogP) is 3.42. The quantitative estimate of drug-likeness (QED) is 0.699. The Morgan fingerprint density at radius 2 is 2.22 bits per heavy atom. The first-order valence-corrected chi connectivity index (χ1v) is 9.19. The van der Waals surface area contributed by atoms with E-state index < -0.39 is 6.61 Å². The number of ether oxygens (including phenoxy) is 1. The molecule has 0 bridgehead atoms. The molecule has 0 radical (unpaired) electrons. The number of aromatic amines is 1. The molecule has 140 valence electrons. The topological polar surface area (TPSA) is 78.5 Å². The molecule has 2 aromatic heterocycles. The maximum atomic E-state index is 12.0. The Balaban J connectivity index is 1.92. The minimum Gasteiger partial charge on any atom is -0.495 e. The molecule has 0 atom stereocenters. The molecule has 0 spiro atoms. The number of rotatable bonds is 3. The third kappa shape index (κ3) is 3.04. The number of halogens is 2. The van der Waals surface area contributed by atoms with E-state index in [1.165, 1.54) is 0 Å². The summed E-state index contributed by atoms with van der Waals surface area (Å²) in [6.07, 6.45) is 2.30. The van der Waals surface area contributed by atoms with E-state index in [0.29, 0.717) is 35.3 Å². The van der Waals surface area contributed by atoms with Gasteiger partial charge in [0.2, 0.25) is 5.91 Å². The summed E-state index contributed by atoms with van der Waals surface area (Å²) in [5.41, 5.74) is 4.29. The lowest BCUT2D eigenvalue weighted by Gasteiger charge is -2.26. The fourth-order valence-corrected chi connectivity index (χ4v) is 3.91. The van der Waals surface area contributed by atoms with Crippen molar-refractivity contribution in [1.29, 1.82) is 0 Å². The van der Waals surface area contributed by atoms with Gasteiger partial charge in [-0.3, -0.25) is 9.78 Å². The second-order valence-corrected chi connectivity index (χ2v) is 7.14. The van der Waals surface area contributed by atoms with Crippen molar-refractivity contribution in [3.8, 4) is 17.0 Å². The van der Waals surface area contributed by atoms with Gasteiger partial charge in [0, 0.05) is 41.7 Å². The Morgan fingerprint density at radius 1 is 1.41 bits per heavy atom. The van der Waals surface area contributed by atoms with Crippen LogP contribution in [-0.4, -0.2) is 46.1 Å². The van der Waals surface area contributed by atoms with Gasteiger partial charge in [-0.2, -0.15) is 0 Å². The van der Waals surface area contributed by atoms with Crippen LogP contribution in [0.1, 0.15) is 11.3 Å². The summed E-state index contributed by atoms with van der Waals surface area (Å²) in [4.78, 5) is 21.5. The summed E-state index contributed by atoms with van der Waals surface area (Å²) in [6.45, 7) is 0.438. The fraction of sp³-hybridized carbons (Fsp3) is 0.263. The van der Waals surface area contributed by atoms with E-state index >= 15 is 0 Å². The van der Waals surface area contributed by atoms with Crippen molar-refractivity contribution in [1.82, 2.24) is 14.9 Å². The Hall–Kier alpha value is -2.28. The summed E-state index contributed by atoms with van der Waals surface area (Å²) in [5.74, 6) is 0.366. The van der Waals surface area contributed by atoms with Crippen LogP contribution in [0.3, 0.4) is 0 Å². The van der Waals surface area contributed by atoms with E-state index in [0.717, 1.165) is 33.4 Å². The van der Waals surface area contributed by atoms with Crippen molar-refractivity contribution in [3.63, 3.8) is 0 Å². The zero-order chi connectivity index (χ0) is 19.1. The van der Waals surface area contributed by atoms with Gasteiger partial charge in [-0.15, -0.1) is 0 Å². The van der Waals surface area contributed by atoms with Gasteiger partial charge in [-0.1, -0.05) is 23.2 Å². The van der Waals surface area contributed by atoms with Crippen molar-refractivity contribution in [2.24, 2.45) is 0 Å². The van der Waals surface area contributed by atoms with Crippen LogP contribution in [0, 0.1) is 0 Å². The van der Waals surface area contributed by atoms with Crippen molar-refractivity contribution < 1.29 is 14.6 Å². The molecule has 0 saturated heterocycles. The lowest BCUT2D eigenvalue weighted by Crippen LogP contribution is -2.37. The number of aliphatic hydroxyl groups is 1. The molecule has 0 fully saturated rings. The number of hydrogen-bond acceptors (Lipinski definition) is 4. The largest absolute Gasteiger partial charge is 0.495 e. The van der Waals surface area contributed by atoms with Crippen LogP contribution in [0.25, 0.3) is 22.2 Å². The Labute approximate surface area is 165 Å². The molecule has 6 nitrogen and oxygen atoms in total. The minimum absolute atomic E-state index is 0.292. The maximum Gasteiger partial charge on any atom is 0.248 e. The summed E-state index contributed by atoms with van der Waals surface area (Å²) < 4.78 is 5.18. The molecule has 1 aromatic carbocycles. The molecule has 0 saturated carbocycles. The number of pyridine rings is 1. The zero-order valence-electron chi connectivity index (χ0n) is 14.6. The number of aromatic nitrogens is 2. The van der Waals surface area contributed by atoms with Gasteiger partial charge in [0.05, 0.1) is 34.6 Å². The molecule has 1 aliphatic rings. The number of nitrogens with one attached hydrogen (secondary N) is 1. The monoisotopic (exact) mass is 405 g/mol. The number of nitrogens with zero attached hydrogens (tertiary/aromatic N) is 2. The molecule has 1 amide bonds. The van der Waals surface area contributed by atoms with Crippen LogP contribution in [0.2, 0.25) is 10.0 Å². The van der Waals surface area contributed by atoms with Gasteiger partial charge in [-0.25, -0.2) is 0 Å². The van der Waals surface area contributed by atoms with E-state index in [-0.39, 0.29) is 5.91 Å². The van der Waals surface area contributed by atoms with Crippen LogP contribution in [0.15, 0.2) is 24.4 Å². The molecule has 3 heterocycles. The number of hydrogen-bond donors (Lipinski definition) is 2. The SMILES string of the molecule is COc1ccc(-c2cc(Cl)c(Cl)c3[nH]c4c(c23)CN(C(=O)CO)CC4)nc1. The van der Waals surface area contributed by atoms with Crippen LogP contribution in [0.5, 0.6) is 5.75 Å². The first-order valence-electron chi connectivity index (χ1n) is 8.44. The second-order valence-electron chi connectivity index (χ2n) is 6.36. The summed E-state index contributed by atoms with van der Waals surface area (Å²) in [5, 5.41) is 11.0. The molecule has 0 aliphatic carbocycles. The Morgan fingerprint density at radius 3 is 2.89 bits per heavy atom. The maximum absolute atomic E-state index is 12.0. The smallest absolute Gasteiger partial charge is 0.248 e. The second kappa shape index (κ2) is 7.03. The zero-order valence-corrected chi connectivity index (χ0v) is 16.1. The third-order valence-electron chi connectivity index (χ3n) is 4.88. The average Bonchev–Trinajstić information content (AvgIpc) is 3.09. The normalized spacial score (nSPS) is 13.7. The first kappa shape index (κ1) is 18.1. The molecule has 8 heteroatoms. The Kier molecular flexibility index (Phi) is 4.72. The van der Waals surface area contributed by atoms with E-state index in [1.54, 1.807) is 24.3 Å². The van der Waals surface area contributed by atoms with Gasteiger partial charge in [0.25, 0.3) is 0 Å². The summed E-state index contributed by atoms with van der Waals surface area (Å²) in [7, 11) is 1.59. The van der Waals surface area contributed by atoms with Crippen molar-refractivity contribution in [3.05, 3.63) is 45.7 Å².